The first-order valence-corrected chi connectivity index (χ1v) is 16.0. The number of nitrogens with one attached hydrogen (secondary N) is 1. The minimum atomic E-state index is -3.89. The fraction of sp³-hybridized carbons (Fsp3) is 0.333. The number of aromatic nitrogens is 2. The van der Waals surface area contributed by atoms with Gasteiger partial charge < -0.3 is 9.64 Å². The van der Waals surface area contributed by atoms with Gasteiger partial charge in [0.1, 0.15) is 10.6 Å². The van der Waals surface area contributed by atoms with Crippen LogP contribution in [0.2, 0.25) is 0 Å². The number of pyridine rings is 2. The molecule has 0 bridgehead atoms. The lowest BCUT2D eigenvalue weighted by atomic mass is 10.1. The summed E-state index contributed by atoms with van der Waals surface area (Å²) in [5.74, 6) is 0.423. The molecule has 0 atom stereocenters. The number of methoxy groups -OCH3 is 1. The second-order valence-corrected chi connectivity index (χ2v) is 12.3. The van der Waals surface area contributed by atoms with Crippen LogP contribution in [0.3, 0.4) is 0 Å². The molecule has 222 valence electrons. The van der Waals surface area contributed by atoms with Crippen molar-refractivity contribution in [2.45, 2.75) is 43.5 Å². The maximum Gasteiger partial charge on any atom is 0.264 e. The number of fused-ring (bicyclic) bond motifs is 1. The van der Waals surface area contributed by atoms with Crippen LogP contribution in [-0.4, -0.2) is 61.5 Å². The average molecular weight is 588 g/mol. The van der Waals surface area contributed by atoms with Gasteiger partial charge in [0, 0.05) is 69.4 Å². The molecule has 4 aromatic rings. The molecule has 2 aromatic heterocycles. The number of anilines is 1. The number of para-hydroxylation sites is 1. The van der Waals surface area contributed by atoms with Crippen LogP contribution >= 0.6 is 0 Å². The van der Waals surface area contributed by atoms with Crippen molar-refractivity contribution in [2.24, 2.45) is 0 Å². The number of rotatable bonds is 8. The number of hydrogen-bond acceptors (Lipinski definition) is 7. The van der Waals surface area contributed by atoms with Crippen molar-refractivity contribution in [2.75, 3.05) is 38.0 Å². The Labute approximate surface area is 250 Å². The number of hydrogen-bond donors (Lipinski definition) is 1. The highest BCUT2D eigenvalue weighted by atomic mass is 32.2. The Bertz CT molecular complexity index is 1590. The van der Waals surface area contributed by atoms with E-state index in [1.807, 2.05) is 48.8 Å². The third-order valence-corrected chi connectivity index (χ3v) is 9.22. The van der Waals surface area contributed by atoms with E-state index in [2.05, 4.69) is 31.1 Å². The van der Waals surface area contributed by atoms with Gasteiger partial charge in [0.15, 0.2) is 0 Å². The molecule has 42 heavy (non-hydrogen) atoms. The normalized spacial score (nSPS) is 15.6. The molecule has 6 rings (SSSR count). The van der Waals surface area contributed by atoms with E-state index in [0.717, 1.165) is 49.4 Å². The number of piperazine rings is 1. The second-order valence-electron chi connectivity index (χ2n) is 10.7. The summed E-state index contributed by atoms with van der Waals surface area (Å²) in [5.41, 5.74) is 3.80. The van der Waals surface area contributed by atoms with Crippen LogP contribution in [0.5, 0.6) is 5.75 Å². The molecular formula is C33H41N5O3S. The largest absolute Gasteiger partial charge is 0.495 e. The van der Waals surface area contributed by atoms with Crippen molar-refractivity contribution < 1.29 is 14.6 Å². The van der Waals surface area contributed by atoms with Crippen molar-refractivity contribution in [3.8, 4) is 5.75 Å². The van der Waals surface area contributed by atoms with Crippen LogP contribution in [0.25, 0.3) is 16.6 Å². The second kappa shape index (κ2) is 13.8. The number of benzene rings is 2. The van der Waals surface area contributed by atoms with Gasteiger partial charge in [0.05, 0.1) is 18.3 Å². The van der Waals surface area contributed by atoms with Crippen LogP contribution in [0.15, 0.2) is 90.7 Å². The predicted molar refractivity (Wildman–Crippen MR) is 171 cm³/mol. The Kier molecular flexibility index (Phi) is 9.71. The minimum Gasteiger partial charge on any atom is -0.495 e. The average Bonchev–Trinajstić information content (AvgIpc) is 3.62. The predicted octanol–water partition coefficient (Wildman–Crippen LogP) is 6.42. The molecule has 1 saturated heterocycles. The zero-order chi connectivity index (χ0) is 29.4. The van der Waals surface area contributed by atoms with Crippen LogP contribution in [-0.2, 0) is 16.6 Å². The number of sulfonamides is 1. The summed E-state index contributed by atoms with van der Waals surface area (Å²) in [6, 6.07) is 18.2. The molecule has 1 aliphatic carbocycles. The van der Waals surface area contributed by atoms with E-state index >= 15 is 0 Å². The van der Waals surface area contributed by atoms with Crippen molar-refractivity contribution in [3.63, 3.8) is 0 Å². The zero-order valence-corrected chi connectivity index (χ0v) is 25.0. The fourth-order valence-electron chi connectivity index (χ4n) is 5.44. The summed E-state index contributed by atoms with van der Waals surface area (Å²) in [4.78, 5) is 13.1. The quantitative estimate of drug-likeness (QED) is 0.254. The van der Waals surface area contributed by atoms with Gasteiger partial charge in [-0.1, -0.05) is 62.9 Å². The van der Waals surface area contributed by atoms with Crippen LogP contribution in [0.1, 0.15) is 44.7 Å². The molecule has 2 fully saturated rings. The first-order valence-electron chi connectivity index (χ1n) is 14.5. The summed E-state index contributed by atoms with van der Waals surface area (Å²) >= 11 is 0. The van der Waals surface area contributed by atoms with E-state index < -0.39 is 10.0 Å². The maximum absolute atomic E-state index is 13.3. The van der Waals surface area contributed by atoms with Gasteiger partial charge in [0.2, 0.25) is 0 Å². The molecule has 0 amide bonds. The van der Waals surface area contributed by atoms with Crippen LogP contribution < -0.4 is 9.46 Å². The SMILES string of the molecule is C1CCCC1.C=C(c1ccc(NS(=O)(=O)c2cccc3cccnc23)c(OC)c1)N1CCN(Cc2ccncc2)CC1.[HH]. The van der Waals surface area contributed by atoms with Gasteiger partial charge in [-0.05, 0) is 42.0 Å². The molecular weight excluding hydrogens is 546 g/mol. The Hall–Kier alpha value is -3.95. The Morgan fingerprint density at radius 3 is 2.31 bits per heavy atom. The third kappa shape index (κ3) is 7.27. The van der Waals surface area contributed by atoms with Crippen molar-refractivity contribution in [1.29, 1.82) is 0 Å². The lowest BCUT2D eigenvalue weighted by Crippen LogP contribution is -2.44. The molecule has 2 aliphatic rings. The van der Waals surface area contributed by atoms with E-state index in [1.54, 1.807) is 30.5 Å². The number of nitrogens with zero attached hydrogens (tertiary/aromatic N) is 4. The monoisotopic (exact) mass is 587 g/mol. The molecule has 1 saturated carbocycles. The van der Waals surface area contributed by atoms with Crippen molar-refractivity contribution >= 4 is 32.3 Å². The first-order chi connectivity index (χ1) is 20.4. The maximum atomic E-state index is 13.3. The summed E-state index contributed by atoms with van der Waals surface area (Å²) in [6.07, 6.45) is 12.7. The zero-order valence-electron chi connectivity index (χ0n) is 24.2. The smallest absolute Gasteiger partial charge is 0.264 e. The van der Waals surface area contributed by atoms with E-state index in [1.165, 1.54) is 44.8 Å². The summed E-state index contributed by atoms with van der Waals surface area (Å²) in [7, 11) is -2.37. The summed E-state index contributed by atoms with van der Waals surface area (Å²) in [6.45, 7) is 8.78. The fourth-order valence-corrected chi connectivity index (χ4v) is 6.69. The van der Waals surface area contributed by atoms with Crippen molar-refractivity contribution in [1.82, 2.24) is 19.8 Å². The summed E-state index contributed by atoms with van der Waals surface area (Å²) < 4.78 is 34.8. The molecule has 1 N–H and O–H groups in total. The Balaban J connectivity index is 0.000000641. The topological polar surface area (TPSA) is 87.7 Å². The van der Waals surface area contributed by atoms with Crippen LogP contribution in [0.4, 0.5) is 5.69 Å². The third-order valence-electron chi connectivity index (χ3n) is 7.82. The highest BCUT2D eigenvalue weighted by Gasteiger charge is 2.22. The van der Waals surface area contributed by atoms with E-state index in [0.29, 0.717) is 17.0 Å². The number of ether oxygens (including phenoxy) is 1. The molecule has 3 heterocycles. The van der Waals surface area contributed by atoms with Gasteiger partial charge >= 0.3 is 0 Å². The highest BCUT2D eigenvalue weighted by molar-refractivity contribution is 7.93. The van der Waals surface area contributed by atoms with Gasteiger partial charge in [-0.25, -0.2) is 8.42 Å². The molecule has 0 radical (unpaired) electrons. The molecule has 0 spiro atoms. The molecule has 1 aliphatic heterocycles. The highest BCUT2D eigenvalue weighted by Crippen LogP contribution is 2.32. The van der Waals surface area contributed by atoms with E-state index in [4.69, 9.17) is 4.74 Å². The Morgan fingerprint density at radius 2 is 1.62 bits per heavy atom. The van der Waals surface area contributed by atoms with Crippen molar-refractivity contribution in [3.05, 3.63) is 97.0 Å². The summed E-state index contributed by atoms with van der Waals surface area (Å²) in [5, 5.41) is 0.755. The molecule has 0 unspecified atom stereocenters. The molecule has 8 nitrogen and oxygen atoms in total. The molecule has 2 aromatic carbocycles. The molecule has 9 heteroatoms. The lowest BCUT2D eigenvalue weighted by Gasteiger charge is -2.37. The van der Waals surface area contributed by atoms with Gasteiger partial charge in [-0.15, -0.1) is 0 Å². The van der Waals surface area contributed by atoms with E-state index in [-0.39, 0.29) is 6.32 Å². The Morgan fingerprint density at radius 1 is 0.929 bits per heavy atom. The van der Waals surface area contributed by atoms with Gasteiger partial charge in [-0.3, -0.25) is 19.6 Å². The lowest BCUT2D eigenvalue weighted by molar-refractivity contribution is 0.169. The van der Waals surface area contributed by atoms with Gasteiger partial charge in [0.25, 0.3) is 10.0 Å². The van der Waals surface area contributed by atoms with Crippen LogP contribution in [0, 0.1) is 0 Å². The first kappa shape index (κ1) is 29.5. The van der Waals surface area contributed by atoms with E-state index in [9.17, 15) is 8.42 Å². The standard InChI is InChI=1S/C28H29N5O3S.C5H10.H2/c1-21(33-17-15-32(16-18-33)20-22-10-13-29-14-11-22)24-8-9-25(26(19-24)36-2)31-37(34,35)27-7-3-5-23-6-4-12-30-28(23)27;1-2-4-5-3-1;/h3-14,19,31H,1,15-18,20H2,2H3;1-5H2;1H. The van der Waals surface area contributed by atoms with Gasteiger partial charge in [-0.2, -0.15) is 0 Å². The minimum absolute atomic E-state index is 0.